The Hall–Kier alpha value is -1.10. The average molecular weight is 285 g/mol. The summed E-state index contributed by atoms with van der Waals surface area (Å²) in [5.41, 5.74) is 5.60. The van der Waals surface area contributed by atoms with Gasteiger partial charge in [0, 0.05) is 19.5 Å². The van der Waals surface area contributed by atoms with Crippen molar-refractivity contribution >= 4 is 11.8 Å². The third-order valence-electron chi connectivity index (χ3n) is 3.48. The Labute approximate surface area is 123 Å². The molecule has 0 saturated heterocycles. The van der Waals surface area contributed by atoms with Crippen LogP contribution in [0, 0.1) is 5.92 Å². The molecule has 2 amide bonds. The predicted octanol–water partition coefficient (Wildman–Crippen LogP) is 1.52. The van der Waals surface area contributed by atoms with E-state index in [4.69, 9.17) is 5.73 Å². The number of rotatable bonds is 11. The van der Waals surface area contributed by atoms with E-state index in [1.807, 2.05) is 13.8 Å². The number of nitrogens with two attached hydrogens (primary N) is 1. The lowest BCUT2D eigenvalue weighted by Gasteiger charge is -2.22. The minimum Gasteiger partial charge on any atom is -0.355 e. The fourth-order valence-corrected chi connectivity index (χ4v) is 2.37. The summed E-state index contributed by atoms with van der Waals surface area (Å²) in [6.07, 6.45) is 4.60. The van der Waals surface area contributed by atoms with Crippen LogP contribution in [0.4, 0.5) is 0 Å². The minimum atomic E-state index is -0.0882. The molecule has 5 nitrogen and oxygen atoms in total. The SMILES string of the molecule is CCCC(CCN)CCC(=O)N(CC)CC(=O)NCC. The molecular weight excluding hydrogens is 254 g/mol. The third-order valence-corrected chi connectivity index (χ3v) is 3.48. The number of hydrogen-bond acceptors (Lipinski definition) is 3. The predicted molar refractivity (Wildman–Crippen MR) is 82.2 cm³/mol. The summed E-state index contributed by atoms with van der Waals surface area (Å²) in [6.45, 7) is 7.94. The van der Waals surface area contributed by atoms with Crippen molar-refractivity contribution in [2.45, 2.75) is 52.9 Å². The number of carbonyl (C=O) groups is 2. The topological polar surface area (TPSA) is 75.4 Å². The molecule has 0 rings (SSSR count). The third kappa shape index (κ3) is 8.15. The van der Waals surface area contributed by atoms with E-state index in [0.717, 1.165) is 25.7 Å². The van der Waals surface area contributed by atoms with Gasteiger partial charge in [0.15, 0.2) is 0 Å². The van der Waals surface area contributed by atoms with Gasteiger partial charge in [-0.1, -0.05) is 19.8 Å². The van der Waals surface area contributed by atoms with Gasteiger partial charge in [-0.15, -0.1) is 0 Å². The minimum absolute atomic E-state index is 0.0666. The molecule has 3 N–H and O–H groups in total. The second-order valence-electron chi connectivity index (χ2n) is 5.13. The molecule has 1 unspecified atom stereocenters. The molecule has 0 aromatic carbocycles. The van der Waals surface area contributed by atoms with Gasteiger partial charge in [-0.05, 0) is 39.2 Å². The van der Waals surface area contributed by atoms with E-state index < -0.39 is 0 Å². The molecule has 0 aromatic rings. The Bertz CT molecular complexity index is 276. The Balaban J connectivity index is 4.22. The lowest BCUT2D eigenvalue weighted by molar-refractivity contribution is -0.136. The van der Waals surface area contributed by atoms with E-state index in [1.54, 1.807) is 4.90 Å². The lowest BCUT2D eigenvalue weighted by Crippen LogP contribution is -2.40. The number of nitrogens with zero attached hydrogens (tertiary/aromatic N) is 1. The lowest BCUT2D eigenvalue weighted by atomic mass is 9.94. The van der Waals surface area contributed by atoms with E-state index in [1.165, 1.54) is 0 Å². The van der Waals surface area contributed by atoms with Crippen LogP contribution in [-0.2, 0) is 9.59 Å². The molecule has 5 heteroatoms. The summed E-state index contributed by atoms with van der Waals surface area (Å²) in [4.78, 5) is 25.3. The van der Waals surface area contributed by atoms with Crippen molar-refractivity contribution in [1.29, 1.82) is 0 Å². The van der Waals surface area contributed by atoms with Crippen LogP contribution in [0.3, 0.4) is 0 Å². The number of carbonyl (C=O) groups excluding carboxylic acids is 2. The van der Waals surface area contributed by atoms with Gasteiger partial charge < -0.3 is 16.0 Å². The van der Waals surface area contributed by atoms with Crippen LogP contribution in [0.15, 0.2) is 0 Å². The zero-order valence-corrected chi connectivity index (χ0v) is 13.3. The second-order valence-corrected chi connectivity index (χ2v) is 5.13. The fraction of sp³-hybridized carbons (Fsp3) is 0.867. The zero-order valence-electron chi connectivity index (χ0n) is 13.3. The summed E-state index contributed by atoms with van der Waals surface area (Å²) < 4.78 is 0. The van der Waals surface area contributed by atoms with E-state index in [2.05, 4.69) is 12.2 Å². The molecule has 0 radical (unpaired) electrons. The van der Waals surface area contributed by atoms with E-state index >= 15 is 0 Å². The van der Waals surface area contributed by atoms with Gasteiger partial charge in [0.05, 0.1) is 6.54 Å². The summed E-state index contributed by atoms with van der Waals surface area (Å²) in [5, 5.41) is 2.72. The summed E-state index contributed by atoms with van der Waals surface area (Å²) in [5.74, 6) is 0.503. The van der Waals surface area contributed by atoms with Gasteiger partial charge in [-0.2, -0.15) is 0 Å². The number of amides is 2. The van der Waals surface area contributed by atoms with Crippen LogP contribution in [0.5, 0.6) is 0 Å². The number of nitrogens with one attached hydrogen (secondary N) is 1. The van der Waals surface area contributed by atoms with E-state index in [0.29, 0.717) is 32.0 Å². The zero-order chi connectivity index (χ0) is 15.4. The Kier molecular flexibility index (Phi) is 11.1. The van der Waals surface area contributed by atoms with Gasteiger partial charge in [-0.25, -0.2) is 0 Å². The van der Waals surface area contributed by atoms with Crippen LogP contribution in [0.2, 0.25) is 0 Å². The van der Waals surface area contributed by atoms with E-state index in [-0.39, 0.29) is 18.4 Å². The molecule has 0 aliphatic rings. The van der Waals surface area contributed by atoms with Crippen molar-refractivity contribution in [2.24, 2.45) is 11.7 Å². The highest BCUT2D eigenvalue weighted by Gasteiger charge is 2.17. The Morgan fingerprint density at radius 2 is 1.85 bits per heavy atom. The Morgan fingerprint density at radius 3 is 2.35 bits per heavy atom. The molecule has 118 valence electrons. The van der Waals surface area contributed by atoms with Crippen LogP contribution < -0.4 is 11.1 Å². The molecule has 0 spiro atoms. The van der Waals surface area contributed by atoms with Crippen LogP contribution in [0.1, 0.15) is 52.9 Å². The van der Waals surface area contributed by atoms with E-state index in [9.17, 15) is 9.59 Å². The molecule has 0 heterocycles. The highest BCUT2D eigenvalue weighted by molar-refractivity contribution is 5.84. The summed E-state index contributed by atoms with van der Waals surface area (Å²) in [7, 11) is 0. The van der Waals surface area contributed by atoms with Gasteiger partial charge in [-0.3, -0.25) is 9.59 Å². The maximum absolute atomic E-state index is 12.1. The highest BCUT2D eigenvalue weighted by Crippen LogP contribution is 2.17. The van der Waals surface area contributed by atoms with Crippen molar-refractivity contribution < 1.29 is 9.59 Å². The molecule has 0 aromatic heterocycles. The molecular formula is C15H31N3O2. The molecule has 20 heavy (non-hydrogen) atoms. The van der Waals surface area contributed by atoms with Crippen molar-refractivity contribution in [3.63, 3.8) is 0 Å². The monoisotopic (exact) mass is 285 g/mol. The number of hydrogen-bond donors (Lipinski definition) is 2. The normalized spacial score (nSPS) is 12.0. The molecule has 0 saturated carbocycles. The highest BCUT2D eigenvalue weighted by atomic mass is 16.2. The first-order valence-electron chi connectivity index (χ1n) is 7.83. The maximum atomic E-state index is 12.1. The largest absolute Gasteiger partial charge is 0.355 e. The summed E-state index contributed by atoms with van der Waals surface area (Å²) in [6, 6.07) is 0. The number of likely N-dealkylation sites (N-methyl/N-ethyl adjacent to an activating group) is 2. The average Bonchev–Trinajstić information content (AvgIpc) is 2.42. The van der Waals surface area contributed by atoms with Crippen molar-refractivity contribution in [2.75, 3.05) is 26.2 Å². The van der Waals surface area contributed by atoms with Crippen LogP contribution >= 0.6 is 0 Å². The first kappa shape index (κ1) is 18.9. The van der Waals surface area contributed by atoms with Crippen molar-refractivity contribution in [3.05, 3.63) is 0 Å². The molecule has 1 atom stereocenters. The second kappa shape index (κ2) is 11.7. The standard InChI is InChI=1S/C15H31N3O2/c1-4-7-13(10-11-16)8-9-15(20)18(6-3)12-14(19)17-5-2/h13H,4-12,16H2,1-3H3,(H,17,19). The first-order valence-corrected chi connectivity index (χ1v) is 7.83. The van der Waals surface area contributed by atoms with Gasteiger partial charge in [0.2, 0.25) is 11.8 Å². The Morgan fingerprint density at radius 1 is 1.15 bits per heavy atom. The molecule has 0 aliphatic heterocycles. The molecule has 0 aliphatic carbocycles. The molecule has 0 bridgehead atoms. The quantitative estimate of drug-likeness (QED) is 0.604. The fourth-order valence-electron chi connectivity index (χ4n) is 2.37. The van der Waals surface area contributed by atoms with Crippen LogP contribution in [-0.4, -0.2) is 42.9 Å². The van der Waals surface area contributed by atoms with Crippen LogP contribution in [0.25, 0.3) is 0 Å². The summed E-state index contributed by atoms with van der Waals surface area (Å²) >= 11 is 0. The van der Waals surface area contributed by atoms with Gasteiger partial charge in [0.1, 0.15) is 0 Å². The van der Waals surface area contributed by atoms with Gasteiger partial charge >= 0.3 is 0 Å². The smallest absolute Gasteiger partial charge is 0.239 e. The van der Waals surface area contributed by atoms with Crippen molar-refractivity contribution in [3.8, 4) is 0 Å². The molecule has 0 fully saturated rings. The van der Waals surface area contributed by atoms with Gasteiger partial charge in [0.25, 0.3) is 0 Å². The van der Waals surface area contributed by atoms with Crippen molar-refractivity contribution in [1.82, 2.24) is 10.2 Å². The maximum Gasteiger partial charge on any atom is 0.239 e. The first-order chi connectivity index (χ1) is 9.58.